The number of likely N-dealkylation sites (tertiary alicyclic amines) is 1. The van der Waals surface area contributed by atoms with Crippen LogP contribution in [-0.4, -0.2) is 56.8 Å². The summed E-state index contributed by atoms with van der Waals surface area (Å²) in [7, 11) is 0. The van der Waals surface area contributed by atoms with Gasteiger partial charge in [-0.3, -0.25) is 4.79 Å². The lowest BCUT2D eigenvalue weighted by Crippen LogP contribution is -2.44. The number of fused-ring (bicyclic) bond motifs is 2. The topological polar surface area (TPSA) is 121 Å². The zero-order valence-corrected chi connectivity index (χ0v) is 20.5. The second-order valence-electron chi connectivity index (χ2n) is 9.22. The molecule has 9 heteroatoms. The van der Waals surface area contributed by atoms with Crippen molar-refractivity contribution >= 4 is 33.9 Å². The molecule has 4 N–H and O–H groups in total. The first kappa shape index (κ1) is 23.9. The fourth-order valence-corrected chi connectivity index (χ4v) is 5.24. The first-order valence-corrected chi connectivity index (χ1v) is 12.5. The van der Waals surface area contributed by atoms with E-state index in [-0.39, 0.29) is 12.0 Å². The van der Waals surface area contributed by atoms with Crippen LogP contribution in [0.5, 0.6) is 0 Å². The molecule has 1 aliphatic heterocycles. The molecule has 1 atom stereocenters. The molecule has 2 amide bonds. The number of benzene rings is 2. The molecule has 1 fully saturated rings. The van der Waals surface area contributed by atoms with Gasteiger partial charge < -0.3 is 30.2 Å². The Kier molecular flexibility index (Phi) is 6.65. The van der Waals surface area contributed by atoms with Crippen molar-refractivity contribution < 1.29 is 14.3 Å². The van der Waals surface area contributed by atoms with Gasteiger partial charge in [-0.05, 0) is 63.1 Å². The van der Waals surface area contributed by atoms with E-state index >= 15 is 0 Å². The average molecular weight is 489 g/mol. The number of aryl methyl sites for hydroxylation is 2. The number of nitrogens with zero attached hydrogens (tertiary/aromatic N) is 4. The van der Waals surface area contributed by atoms with Crippen LogP contribution in [0.15, 0.2) is 48.5 Å². The maximum atomic E-state index is 13.3. The van der Waals surface area contributed by atoms with Crippen LogP contribution in [-0.2, 0) is 17.8 Å². The van der Waals surface area contributed by atoms with Crippen molar-refractivity contribution in [1.29, 1.82) is 0 Å². The maximum absolute atomic E-state index is 13.3. The molecular formula is C27H32N6O3. The molecule has 0 radical (unpaired) electrons. The lowest BCUT2D eigenvalue weighted by Gasteiger charge is -2.32. The molecule has 2 aromatic carbocycles. The van der Waals surface area contributed by atoms with Gasteiger partial charge in [0.05, 0.1) is 23.3 Å². The Morgan fingerprint density at radius 3 is 2.72 bits per heavy atom. The summed E-state index contributed by atoms with van der Waals surface area (Å²) in [4.78, 5) is 31.2. The maximum Gasteiger partial charge on any atom is 0.404 e. The third kappa shape index (κ3) is 4.42. The van der Waals surface area contributed by atoms with E-state index < -0.39 is 6.09 Å². The number of hydrogen-bond acceptors (Lipinski definition) is 5. The van der Waals surface area contributed by atoms with Gasteiger partial charge in [-0.1, -0.05) is 18.2 Å². The van der Waals surface area contributed by atoms with Gasteiger partial charge >= 0.3 is 6.09 Å². The predicted octanol–water partition coefficient (Wildman–Crippen LogP) is 3.73. The molecule has 36 heavy (non-hydrogen) atoms. The number of ether oxygens (including phenoxy) is 1. The molecule has 0 spiro atoms. The quantitative estimate of drug-likeness (QED) is 0.411. The zero-order valence-electron chi connectivity index (χ0n) is 20.5. The summed E-state index contributed by atoms with van der Waals surface area (Å²) in [5.74, 6) is 0.768. The minimum Gasteiger partial charge on any atom is -0.445 e. The van der Waals surface area contributed by atoms with Crippen molar-refractivity contribution in [1.82, 2.24) is 19.0 Å². The number of aromatic nitrogens is 3. The van der Waals surface area contributed by atoms with Gasteiger partial charge in [-0.2, -0.15) is 0 Å². The van der Waals surface area contributed by atoms with Crippen LogP contribution in [0.25, 0.3) is 33.5 Å². The summed E-state index contributed by atoms with van der Waals surface area (Å²) in [5, 5.41) is 1.17. The highest BCUT2D eigenvalue weighted by Crippen LogP contribution is 2.31. The summed E-state index contributed by atoms with van der Waals surface area (Å²) in [6.45, 7) is 5.22. The number of rotatable bonds is 7. The van der Waals surface area contributed by atoms with Crippen LogP contribution in [0.2, 0.25) is 0 Å². The van der Waals surface area contributed by atoms with Crippen LogP contribution in [0.4, 0.5) is 4.79 Å². The first-order valence-electron chi connectivity index (χ1n) is 12.5. The van der Waals surface area contributed by atoms with E-state index in [0.29, 0.717) is 31.6 Å². The van der Waals surface area contributed by atoms with E-state index in [1.165, 1.54) is 10.9 Å². The second kappa shape index (κ2) is 10.0. The Morgan fingerprint density at radius 2 is 1.94 bits per heavy atom. The van der Waals surface area contributed by atoms with Gasteiger partial charge in [0.2, 0.25) is 0 Å². The zero-order chi connectivity index (χ0) is 25.2. The first-order chi connectivity index (χ1) is 17.5. The largest absolute Gasteiger partial charge is 0.445 e. The molecule has 5 rings (SSSR count). The van der Waals surface area contributed by atoms with Gasteiger partial charge in [0, 0.05) is 36.1 Å². The highest BCUT2D eigenvalue weighted by Gasteiger charge is 2.27. The Labute approximate surface area is 209 Å². The molecule has 4 aromatic rings. The number of para-hydroxylation sites is 1. The number of imidazole rings is 1. The van der Waals surface area contributed by atoms with E-state index in [1.54, 1.807) is 4.90 Å². The Morgan fingerprint density at radius 1 is 1.11 bits per heavy atom. The number of nitrogens with two attached hydrogens (primary N) is 2. The lowest BCUT2D eigenvalue weighted by atomic mass is 10.1. The molecule has 188 valence electrons. The van der Waals surface area contributed by atoms with Crippen molar-refractivity contribution in [2.24, 2.45) is 11.5 Å². The number of primary amides is 1. The smallest absolute Gasteiger partial charge is 0.404 e. The monoisotopic (exact) mass is 488 g/mol. The van der Waals surface area contributed by atoms with Crippen LogP contribution in [0.1, 0.15) is 36.5 Å². The van der Waals surface area contributed by atoms with Crippen LogP contribution < -0.4 is 11.5 Å². The summed E-state index contributed by atoms with van der Waals surface area (Å²) >= 11 is 0. The minimum absolute atomic E-state index is 0.101. The summed E-state index contributed by atoms with van der Waals surface area (Å²) in [6, 6.07) is 16.2. The van der Waals surface area contributed by atoms with Gasteiger partial charge in [0.15, 0.2) is 5.82 Å². The SMILES string of the molecule is CCn1c(-c2nc3cc(C(=O)N4CCC[C@@H](OC(N)=O)C4)ccc3n2CCCN)cc2ccccc21. The van der Waals surface area contributed by atoms with E-state index in [0.717, 1.165) is 48.5 Å². The Balaban J connectivity index is 1.54. The van der Waals surface area contributed by atoms with Crippen LogP contribution in [0.3, 0.4) is 0 Å². The Bertz CT molecular complexity index is 1420. The van der Waals surface area contributed by atoms with Crippen molar-refractivity contribution in [3.63, 3.8) is 0 Å². The molecule has 0 unspecified atom stereocenters. The predicted molar refractivity (Wildman–Crippen MR) is 140 cm³/mol. The molecular weight excluding hydrogens is 456 g/mol. The molecule has 9 nitrogen and oxygen atoms in total. The number of carbonyl (C=O) groups is 2. The molecule has 0 aliphatic carbocycles. The van der Waals surface area contributed by atoms with Crippen molar-refractivity contribution in [2.45, 2.75) is 45.4 Å². The van der Waals surface area contributed by atoms with Crippen molar-refractivity contribution in [3.8, 4) is 11.5 Å². The Hall–Kier alpha value is -3.85. The van der Waals surface area contributed by atoms with Gasteiger partial charge in [0.25, 0.3) is 5.91 Å². The lowest BCUT2D eigenvalue weighted by molar-refractivity contribution is 0.0373. The normalized spacial score (nSPS) is 16.1. The molecule has 1 aliphatic rings. The van der Waals surface area contributed by atoms with Crippen LogP contribution in [0, 0.1) is 0 Å². The average Bonchev–Trinajstić information content (AvgIpc) is 3.44. The summed E-state index contributed by atoms with van der Waals surface area (Å²) in [5.41, 5.74) is 15.5. The van der Waals surface area contributed by atoms with Gasteiger partial charge in [-0.15, -0.1) is 0 Å². The highest BCUT2D eigenvalue weighted by molar-refractivity contribution is 5.98. The third-order valence-corrected chi connectivity index (χ3v) is 6.89. The van der Waals surface area contributed by atoms with Gasteiger partial charge in [-0.25, -0.2) is 9.78 Å². The third-order valence-electron chi connectivity index (χ3n) is 6.89. The number of carbonyl (C=O) groups excluding carboxylic acids is 2. The van der Waals surface area contributed by atoms with Crippen molar-refractivity contribution in [2.75, 3.05) is 19.6 Å². The number of piperidine rings is 1. The number of hydrogen-bond donors (Lipinski definition) is 2. The minimum atomic E-state index is -0.809. The number of amides is 2. The van der Waals surface area contributed by atoms with E-state index in [4.69, 9.17) is 21.2 Å². The van der Waals surface area contributed by atoms with E-state index in [2.05, 4.69) is 34.3 Å². The fourth-order valence-electron chi connectivity index (χ4n) is 5.24. The van der Waals surface area contributed by atoms with E-state index in [9.17, 15) is 9.59 Å². The summed E-state index contributed by atoms with van der Waals surface area (Å²) < 4.78 is 9.62. The molecule has 3 heterocycles. The molecule has 0 bridgehead atoms. The van der Waals surface area contributed by atoms with Gasteiger partial charge in [0.1, 0.15) is 6.10 Å². The molecule has 1 saturated heterocycles. The molecule has 0 saturated carbocycles. The fraction of sp³-hybridized carbons (Fsp3) is 0.370. The van der Waals surface area contributed by atoms with E-state index in [1.807, 2.05) is 30.3 Å². The molecule has 2 aromatic heterocycles. The van der Waals surface area contributed by atoms with Crippen molar-refractivity contribution in [3.05, 3.63) is 54.1 Å². The summed E-state index contributed by atoms with van der Waals surface area (Å²) in [6.07, 6.45) is 1.09. The second-order valence-corrected chi connectivity index (χ2v) is 9.22. The highest BCUT2D eigenvalue weighted by atomic mass is 16.6. The van der Waals surface area contributed by atoms with Crippen LogP contribution >= 0.6 is 0 Å². The standard InChI is InChI=1S/C27H32N6O3/c1-2-32-22-9-4-3-7-18(22)16-24(32)25-30-21-15-19(10-11-23(21)33(25)14-6-12-28)26(34)31-13-5-8-20(17-31)36-27(29)35/h3-4,7,9-11,15-16,20H,2,5-6,8,12-14,17,28H2,1H3,(H2,29,35)/t20-/m1/s1.